The van der Waals surface area contributed by atoms with Crippen LogP contribution in [0.3, 0.4) is 0 Å². The molecule has 8 nitrogen and oxygen atoms in total. The van der Waals surface area contributed by atoms with Crippen molar-refractivity contribution in [1.82, 2.24) is 20.0 Å². The van der Waals surface area contributed by atoms with Gasteiger partial charge in [0.1, 0.15) is 11.2 Å². The summed E-state index contributed by atoms with van der Waals surface area (Å²) in [5.74, 6) is -1.19. The summed E-state index contributed by atoms with van der Waals surface area (Å²) in [5.41, 5.74) is 1.30. The van der Waals surface area contributed by atoms with Gasteiger partial charge in [-0.1, -0.05) is 60.7 Å². The van der Waals surface area contributed by atoms with E-state index in [1.807, 2.05) is 60.7 Å². The average Bonchev–Trinajstić information content (AvgIpc) is 3.30. The molecule has 3 aromatic rings. The second-order valence-corrected chi connectivity index (χ2v) is 8.78. The van der Waals surface area contributed by atoms with Gasteiger partial charge in [-0.25, -0.2) is 4.79 Å². The molecule has 0 aliphatic carbocycles. The van der Waals surface area contributed by atoms with E-state index >= 15 is 0 Å². The number of aromatic nitrogens is 2. The molecule has 0 radical (unpaired) electrons. The van der Waals surface area contributed by atoms with E-state index in [0.717, 1.165) is 12.0 Å². The Balaban J connectivity index is 1.58. The molecular weight excluding hydrogens is 444 g/mol. The number of carbonyl (C=O) groups excluding carboxylic acids is 3. The number of benzene rings is 2. The van der Waals surface area contributed by atoms with Crippen LogP contribution in [-0.2, 0) is 29.0 Å². The third-order valence-corrected chi connectivity index (χ3v) is 6.26. The summed E-state index contributed by atoms with van der Waals surface area (Å²) in [6.07, 6.45) is 1.47. The van der Waals surface area contributed by atoms with Gasteiger partial charge < -0.3 is 15.0 Å². The average molecular weight is 475 g/mol. The van der Waals surface area contributed by atoms with E-state index in [1.165, 1.54) is 16.3 Å². The van der Waals surface area contributed by atoms with E-state index in [4.69, 9.17) is 4.74 Å². The zero-order valence-corrected chi connectivity index (χ0v) is 20.1. The summed E-state index contributed by atoms with van der Waals surface area (Å²) in [7, 11) is 0. The van der Waals surface area contributed by atoms with Gasteiger partial charge in [-0.3, -0.25) is 14.3 Å². The van der Waals surface area contributed by atoms with Gasteiger partial charge in [-0.15, -0.1) is 0 Å². The highest BCUT2D eigenvalue weighted by atomic mass is 16.5. The van der Waals surface area contributed by atoms with Crippen molar-refractivity contribution in [3.8, 4) is 0 Å². The van der Waals surface area contributed by atoms with Crippen LogP contribution in [0.4, 0.5) is 0 Å². The Morgan fingerprint density at radius 3 is 2.37 bits per heavy atom. The molecule has 0 unspecified atom stereocenters. The fraction of sp³-hybridized carbons (Fsp3) is 0.333. The largest absolute Gasteiger partial charge is 0.461 e. The number of esters is 1. The van der Waals surface area contributed by atoms with Gasteiger partial charge in [0.25, 0.3) is 5.91 Å². The molecule has 35 heavy (non-hydrogen) atoms. The van der Waals surface area contributed by atoms with Crippen LogP contribution in [0.1, 0.15) is 52.4 Å². The number of rotatable bonds is 9. The lowest BCUT2D eigenvalue weighted by Crippen LogP contribution is -2.64. The molecule has 2 heterocycles. The maximum Gasteiger partial charge on any atom is 0.358 e. The van der Waals surface area contributed by atoms with Crippen LogP contribution in [0.15, 0.2) is 66.7 Å². The SMILES string of the molecule is CCOC(=O)c1cc2n(n1)C[C@](C)(C(=O)NCc1ccccc1)N(CCCc1ccccc1)C2=O. The first-order chi connectivity index (χ1) is 16.9. The number of carbonyl (C=O) groups is 3. The van der Waals surface area contributed by atoms with Gasteiger partial charge in [-0.2, -0.15) is 5.10 Å². The number of nitrogens with zero attached hydrogens (tertiary/aromatic N) is 3. The van der Waals surface area contributed by atoms with Gasteiger partial charge in [0.05, 0.1) is 13.2 Å². The van der Waals surface area contributed by atoms with E-state index in [2.05, 4.69) is 10.4 Å². The third-order valence-electron chi connectivity index (χ3n) is 6.26. The number of hydrogen-bond donors (Lipinski definition) is 1. The fourth-order valence-corrected chi connectivity index (χ4v) is 4.35. The number of fused-ring (bicyclic) bond motifs is 1. The molecule has 1 aliphatic rings. The summed E-state index contributed by atoms with van der Waals surface area (Å²) in [6.45, 7) is 4.55. The summed E-state index contributed by atoms with van der Waals surface area (Å²) in [4.78, 5) is 40.9. The first-order valence-electron chi connectivity index (χ1n) is 11.9. The number of hydrogen-bond acceptors (Lipinski definition) is 5. The molecule has 1 atom stereocenters. The Labute approximate surface area is 204 Å². The van der Waals surface area contributed by atoms with Gasteiger partial charge in [0, 0.05) is 19.2 Å². The van der Waals surface area contributed by atoms with Gasteiger partial charge >= 0.3 is 5.97 Å². The van der Waals surface area contributed by atoms with Gasteiger partial charge in [0.2, 0.25) is 5.91 Å². The van der Waals surface area contributed by atoms with Crippen LogP contribution >= 0.6 is 0 Å². The highest BCUT2D eigenvalue weighted by molar-refractivity contribution is 6.01. The smallest absolute Gasteiger partial charge is 0.358 e. The second-order valence-electron chi connectivity index (χ2n) is 8.78. The molecule has 0 saturated carbocycles. The molecule has 4 rings (SSSR count). The normalized spacial score (nSPS) is 17.1. The molecule has 182 valence electrons. The lowest BCUT2D eigenvalue weighted by atomic mass is 9.94. The maximum atomic E-state index is 13.6. The van der Waals surface area contributed by atoms with E-state index in [0.29, 0.717) is 19.5 Å². The van der Waals surface area contributed by atoms with Crippen molar-refractivity contribution >= 4 is 17.8 Å². The molecule has 1 aliphatic heterocycles. The molecule has 8 heteroatoms. The summed E-state index contributed by atoms with van der Waals surface area (Å²) < 4.78 is 6.50. The molecule has 0 saturated heterocycles. The van der Waals surface area contributed by atoms with Crippen molar-refractivity contribution in [3.05, 3.63) is 89.2 Å². The van der Waals surface area contributed by atoms with E-state index < -0.39 is 11.5 Å². The number of ether oxygens (including phenoxy) is 1. The predicted molar refractivity (Wildman–Crippen MR) is 131 cm³/mol. The maximum absolute atomic E-state index is 13.6. The highest BCUT2D eigenvalue weighted by Gasteiger charge is 2.47. The van der Waals surface area contributed by atoms with Crippen molar-refractivity contribution in [2.45, 2.75) is 45.3 Å². The van der Waals surface area contributed by atoms with Crippen LogP contribution in [0, 0.1) is 0 Å². The monoisotopic (exact) mass is 474 g/mol. The van der Waals surface area contributed by atoms with Gasteiger partial charge in [0.15, 0.2) is 5.69 Å². The molecular formula is C27H30N4O4. The third kappa shape index (κ3) is 5.26. The van der Waals surface area contributed by atoms with Crippen LogP contribution in [0.5, 0.6) is 0 Å². The molecule has 0 bridgehead atoms. The molecule has 0 fully saturated rings. The Kier molecular flexibility index (Phi) is 7.29. The molecule has 1 aromatic heterocycles. The van der Waals surface area contributed by atoms with Crippen molar-refractivity contribution in [1.29, 1.82) is 0 Å². The standard InChI is InChI=1S/C27H30N4O4/c1-3-35-25(33)22-17-23-24(32)30(16-10-15-20-11-6-4-7-12-20)27(2,19-31(23)29-22)26(34)28-18-21-13-8-5-9-14-21/h4-9,11-14,17H,3,10,15-16,18-19H2,1-2H3,(H,28,34)/t27-/m1/s1. The number of aryl methyl sites for hydroxylation is 1. The minimum absolute atomic E-state index is 0.0633. The van der Waals surface area contributed by atoms with Crippen LogP contribution in [-0.4, -0.2) is 51.2 Å². The molecule has 2 aromatic carbocycles. The minimum Gasteiger partial charge on any atom is -0.461 e. The van der Waals surface area contributed by atoms with Crippen LogP contribution in [0.25, 0.3) is 0 Å². The fourth-order valence-electron chi connectivity index (χ4n) is 4.35. The lowest BCUT2D eigenvalue weighted by Gasteiger charge is -2.43. The zero-order chi connectivity index (χ0) is 24.8. The topological polar surface area (TPSA) is 93.5 Å². The van der Waals surface area contributed by atoms with Crippen molar-refractivity contribution < 1.29 is 19.1 Å². The Hall–Kier alpha value is -3.94. The number of nitrogens with one attached hydrogen (secondary N) is 1. The summed E-state index contributed by atoms with van der Waals surface area (Å²) in [5, 5.41) is 7.28. The Bertz CT molecular complexity index is 1190. The van der Waals surface area contributed by atoms with Crippen LogP contribution in [0.2, 0.25) is 0 Å². The minimum atomic E-state index is -1.17. The van der Waals surface area contributed by atoms with Crippen molar-refractivity contribution in [3.63, 3.8) is 0 Å². The van der Waals surface area contributed by atoms with Crippen molar-refractivity contribution in [2.24, 2.45) is 0 Å². The number of amides is 2. The first-order valence-corrected chi connectivity index (χ1v) is 11.9. The molecule has 1 N–H and O–H groups in total. The second kappa shape index (κ2) is 10.5. The molecule has 0 spiro atoms. The highest BCUT2D eigenvalue weighted by Crippen LogP contribution is 2.28. The summed E-state index contributed by atoms with van der Waals surface area (Å²) in [6, 6.07) is 21.1. The Morgan fingerprint density at radius 1 is 1.06 bits per heavy atom. The quantitative estimate of drug-likeness (QED) is 0.481. The van der Waals surface area contributed by atoms with E-state index in [-0.39, 0.29) is 36.4 Å². The molecule has 2 amide bonds. The predicted octanol–water partition coefficient (Wildman–Crippen LogP) is 3.22. The zero-order valence-electron chi connectivity index (χ0n) is 20.1. The van der Waals surface area contributed by atoms with E-state index in [9.17, 15) is 14.4 Å². The first kappa shape index (κ1) is 24.2. The summed E-state index contributed by atoms with van der Waals surface area (Å²) >= 11 is 0. The van der Waals surface area contributed by atoms with Gasteiger partial charge in [-0.05, 0) is 37.8 Å². The van der Waals surface area contributed by atoms with Crippen molar-refractivity contribution in [2.75, 3.05) is 13.2 Å². The van der Waals surface area contributed by atoms with E-state index in [1.54, 1.807) is 18.7 Å². The van der Waals surface area contributed by atoms with Crippen LogP contribution < -0.4 is 5.32 Å². The Morgan fingerprint density at radius 2 is 1.71 bits per heavy atom. The lowest BCUT2D eigenvalue weighted by molar-refractivity contribution is -0.133.